The van der Waals surface area contributed by atoms with Gasteiger partial charge in [-0.05, 0) is 10.8 Å². The van der Waals surface area contributed by atoms with Crippen molar-refractivity contribution in [1.82, 2.24) is 35.7 Å². The van der Waals surface area contributed by atoms with E-state index in [1.807, 2.05) is 60.7 Å². The van der Waals surface area contributed by atoms with Gasteiger partial charge in [-0.3, -0.25) is 4.79 Å². The maximum absolute atomic E-state index is 12.2. The highest BCUT2D eigenvalue weighted by Crippen LogP contribution is 2.14. The van der Waals surface area contributed by atoms with E-state index in [-0.39, 0.29) is 5.91 Å². The summed E-state index contributed by atoms with van der Waals surface area (Å²) in [6.45, 7) is 0.753. The summed E-state index contributed by atoms with van der Waals surface area (Å²) >= 11 is 1.21. The van der Waals surface area contributed by atoms with Crippen molar-refractivity contribution < 1.29 is 4.79 Å². The van der Waals surface area contributed by atoms with Crippen molar-refractivity contribution in [3.05, 3.63) is 76.2 Å². The minimum absolute atomic E-state index is 0.251. The molecule has 0 atom stereocenters. The smallest absolute Gasteiger partial charge is 0.282 e. The van der Waals surface area contributed by atoms with Crippen molar-refractivity contribution in [2.75, 3.05) is 0 Å². The lowest BCUT2D eigenvalue weighted by Gasteiger charge is -2.02. The van der Waals surface area contributed by atoms with E-state index < -0.39 is 0 Å². The zero-order valence-electron chi connectivity index (χ0n) is 14.2. The monoisotopic (exact) mass is 377 g/mol. The number of benzene rings is 2. The number of nitrogens with one attached hydrogen (secondary N) is 1. The fourth-order valence-electron chi connectivity index (χ4n) is 2.40. The molecule has 4 aromatic rings. The average Bonchev–Trinajstić information content (AvgIpc) is 3.38. The molecule has 2 aromatic carbocycles. The highest BCUT2D eigenvalue weighted by atomic mass is 32.1. The molecule has 0 aliphatic heterocycles. The van der Waals surface area contributed by atoms with Crippen molar-refractivity contribution in [2.45, 2.75) is 13.1 Å². The fourth-order valence-corrected chi connectivity index (χ4v) is 3.13. The molecular formula is C18H15N7OS. The van der Waals surface area contributed by atoms with Crippen LogP contribution < -0.4 is 5.32 Å². The van der Waals surface area contributed by atoms with Gasteiger partial charge in [0, 0.05) is 12.1 Å². The summed E-state index contributed by atoms with van der Waals surface area (Å²) in [5.74, 6) is 0.292. The van der Waals surface area contributed by atoms with E-state index >= 15 is 0 Å². The molecule has 4 rings (SSSR count). The lowest BCUT2D eigenvalue weighted by molar-refractivity contribution is 0.0950. The molecule has 0 bridgehead atoms. The second kappa shape index (κ2) is 7.83. The largest absolute Gasteiger partial charge is 0.346 e. The van der Waals surface area contributed by atoms with Crippen LogP contribution in [0.4, 0.5) is 0 Å². The number of carbonyl (C=O) groups excluding carboxylic acids is 1. The third-order valence-corrected chi connectivity index (χ3v) is 4.63. The first kappa shape index (κ1) is 17.0. The first-order valence-electron chi connectivity index (χ1n) is 8.26. The lowest BCUT2D eigenvalue weighted by atomic mass is 10.2. The van der Waals surface area contributed by atoms with E-state index in [1.165, 1.54) is 16.1 Å². The van der Waals surface area contributed by atoms with Gasteiger partial charge in [-0.25, -0.2) is 0 Å². The van der Waals surface area contributed by atoms with Crippen LogP contribution >= 0.6 is 11.3 Å². The zero-order chi connectivity index (χ0) is 18.5. The maximum Gasteiger partial charge on any atom is 0.282 e. The van der Waals surface area contributed by atoms with Crippen molar-refractivity contribution in [3.8, 4) is 11.4 Å². The molecule has 2 heterocycles. The van der Waals surface area contributed by atoms with Crippen molar-refractivity contribution in [1.29, 1.82) is 0 Å². The van der Waals surface area contributed by atoms with E-state index in [4.69, 9.17) is 0 Å². The van der Waals surface area contributed by atoms with E-state index in [9.17, 15) is 4.79 Å². The summed E-state index contributed by atoms with van der Waals surface area (Å²) in [6, 6.07) is 19.3. The van der Waals surface area contributed by atoms with Crippen molar-refractivity contribution >= 4 is 17.2 Å². The van der Waals surface area contributed by atoms with Crippen LogP contribution in [0.2, 0.25) is 0 Å². The van der Waals surface area contributed by atoms with Gasteiger partial charge in [0.05, 0.1) is 0 Å². The molecule has 0 aliphatic rings. The Morgan fingerprint density at radius 1 is 0.963 bits per heavy atom. The van der Waals surface area contributed by atoms with Crippen molar-refractivity contribution in [3.63, 3.8) is 0 Å². The molecule has 0 fully saturated rings. The Kier molecular flexibility index (Phi) is 4.93. The Labute approximate surface area is 158 Å². The van der Waals surface area contributed by atoms with Gasteiger partial charge in [-0.15, -0.1) is 20.4 Å². The minimum atomic E-state index is -0.251. The Balaban J connectivity index is 1.38. The summed E-state index contributed by atoms with van der Waals surface area (Å²) < 4.78 is 0. The number of nitrogens with zero attached hydrogens (tertiary/aromatic N) is 6. The van der Waals surface area contributed by atoms with Gasteiger partial charge in [0.15, 0.2) is 0 Å². The highest BCUT2D eigenvalue weighted by Gasteiger charge is 2.14. The normalized spacial score (nSPS) is 10.7. The number of aromatic nitrogens is 6. The number of hydrogen-bond donors (Lipinski definition) is 1. The molecule has 0 unspecified atom stereocenters. The van der Waals surface area contributed by atoms with E-state index in [2.05, 4.69) is 30.9 Å². The maximum atomic E-state index is 12.2. The minimum Gasteiger partial charge on any atom is -0.346 e. The van der Waals surface area contributed by atoms with Crippen LogP contribution in [-0.2, 0) is 13.1 Å². The molecule has 0 spiro atoms. The average molecular weight is 377 g/mol. The van der Waals surface area contributed by atoms with Crippen LogP contribution in [0.5, 0.6) is 0 Å². The molecule has 2 aromatic heterocycles. The Morgan fingerprint density at radius 3 is 2.48 bits per heavy atom. The molecule has 27 heavy (non-hydrogen) atoms. The number of carbonyl (C=O) groups is 1. The van der Waals surface area contributed by atoms with Crippen LogP contribution in [0.1, 0.15) is 20.4 Å². The SMILES string of the molecule is O=C(NCc1ccccc1)c1nnc(Cn2nnc(-c3ccccc3)n2)s1. The lowest BCUT2D eigenvalue weighted by Crippen LogP contribution is -2.22. The van der Waals surface area contributed by atoms with Gasteiger partial charge < -0.3 is 5.32 Å². The summed E-state index contributed by atoms with van der Waals surface area (Å²) in [7, 11) is 0. The quantitative estimate of drug-likeness (QED) is 0.553. The van der Waals surface area contributed by atoms with Crippen molar-refractivity contribution in [2.24, 2.45) is 0 Å². The first-order valence-corrected chi connectivity index (χ1v) is 9.07. The third kappa shape index (κ3) is 4.21. The molecule has 1 N–H and O–H groups in total. The van der Waals surface area contributed by atoms with E-state index in [0.717, 1.165) is 11.1 Å². The Morgan fingerprint density at radius 2 is 1.70 bits per heavy atom. The van der Waals surface area contributed by atoms with Gasteiger partial charge in [0.1, 0.15) is 11.6 Å². The van der Waals surface area contributed by atoms with Gasteiger partial charge in [-0.2, -0.15) is 4.80 Å². The molecule has 134 valence electrons. The summed E-state index contributed by atoms with van der Waals surface area (Å²) in [4.78, 5) is 13.7. The molecule has 0 saturated carbocycles. The van der Waals surface area contributed by atoms with Crippen LogP contribution in [-0.4, -0.2) is 36.3 Å². The Bertz CT molecular complexity index is 1030. The predicted octanol–water partition coefficient (Wildman–Crippen LogP) is 2.17. The second-order valence-electron chi connectivity index (χ2n) is 5.68. The number of amides is 1. The topological polar surface area (TPSA) is 98.5 Å². The molecule has 9 heteroatoms. The summed E-state index contributed by atoms with van der Waals surface area (Å²) in [5, 5.41) is 24.2. The van der Waals surface area contributed by atoms with Crippen LogP contribution in [0.25, 0.3) is 11.4 Å². The summed E-state index contributed by atoms with van der Waals surface area (Å²) in [6.07, 6.45) is 0. The van der Waals surface area contributed by atoms with Gasteiger partial charge in [0.25, 0.3) is 5.91 Å². The number of hydrogen-bond acceptors (Lipinski definition) is 7. The molecule has 0 radical (unpaired) electrons. The standard InChI is InChI=1S/C18H15N7OS/c26-17(19-11-13-7-3-1-4-8-13)18-22-20-15(27-18)12-25-23-16(21-24-25)14-9-5-2-6-10-14/h1-10H,11-12H2,(H,19,26). The van der Waals surface area contributed by atoms with Crippen LogP contribution in [0, 0.1) is 0 Å². The van der Waals surface area contributed by atoms with Crippen LogP contribution in [0.15, 0.2) is 60.7 Å². The summed E-state index contributed by atoms with van der Waals surface area (Å²) in [5.41, 5.74) is 1.91. The van der Waals surface area contributed by atoms with Gasteiger partial charge >= 0.3 is 0 Å². The van der Waals surface area contributed by atoms with E-state index in [0.29, 0.717) is 28.9 Å². The molecule has 8 nitrogen and oxygen atoms in total. The first-order chi connectivity index (χ1) is 13.3. The molecular weight excluding hydrogens is 362 g/mol. The van der Waals surface area contributed by atoms with E-state index in [1.54, 1.807) is 0 Å². The molecule has 0 aliphatic carbocycles. The second-order valence-corrected chi connectivity index (χ2v) is 6.74. The zero-order valence-corrected chi connectivity index (χ0v) is 15.0. The highest BCUT2D eigenvalue weighted by molar-refractivity contribution is 7.13. The number of tetrazole rings is 1. The number of rotatable bonds is 6. The molecule has 0 saturated heterocycles. The molecule has 1 amide bonds. The third-order valence-electron chi connectivity index (χ3n) is 3.72. The fraction of sp³-hybridized carbons (Fsp3) is 0.111. The van der Waals surface area contributed by atoms with Gasteiger partial charge in [-0.1, -0.05) is 72.0 Å². The van der Waals surface area contributed by atoms with Crippen LogP contribution in [0.3, 0.4) is 0 Å². The predicted molar refractivity (Wildman–Crippen MR) is 99.9 cm³/mol. The van der Waals surface area contributed by atoms with Gasteiger partial charge in [0.2, 0.25) is 10.8 Å². The Hall–Kier alpha value is -3.46.